The summed E-state index contributed by atoms with van der Waals surface area (Å²) in [6.45, 7) is 2.79. The summed E-state index contributed by atoms with van der Waals surface area (Å²) in [4.78, 5) is 19.1. The highest BCUT2D eigenvalue weighted by Crippen LogP contribution is 2.24. The van der Waals surface area contributed by atoms with E-state index in [0.29, 0.717) is 25.2 Å². The quantitative estimate of drug-likeness (QED) is 0.738. The van der Waals surface area contributed by atoms with Gasteiger partial charge in [-0.25, -0.2) is 4.98 Å². The van der Waals surface area contributed by atoms with E-state index >= 15 is 0 Å². The van der Waals surface area contributed by atoms with Gasteiger partial charge in [0.2, 0.25) is 0 Å². The molecule has 7 heteroatoms. The maximum absolute atomic E-state index is 13.0. The molecule has 0 unspecified atom stereocenters. The molecule has 4 rings (SSSR count). The molecule has 0 aliphatic carbocycles. The van der Waals surface area contributed by atoms with Crippen LogP contribution in [0.25, 0.3) is 11.4 Å². The third-order valence-electron chi connectivity index (χ3n) is 5.16. The number of aromatic nitrogens is 4. The summed E-state index contributed by atoms with van der Waals surface area (Å²) in [6.07, 6.45) is 1.71. The van der Waals surface area contributed by atoms with Crippen molar-refractivity contribution in [1.82, 2.24) is 24.6 Å². The number of β-amino-alcohol motifs (C(OH)–C–C–N with tert-alkyl or cyclic N) is 1. The van der Waals surface area contributed by atoms with Crippen molar-refractivity contribution >= 4 is 5.91 Å². The first-order chi connectivity index (χ1) is 13.0. The highest BCUT2D eigenvalue weighted by Gasteiger charge is 2.35. The zero-order valence-corrected chi connectivity index (χ0v) is 15.5. The zero-order valence-electron chi connectivity index (χ0n) is 15.5. The first-order valence-corrected chi connectivity index (χ1v) is 9.08. The topological polar surface area (TPSA) is 87.0 Å². The highest BCUT2D eigenvalue weighted by molar-refractivity contribution is 5.93. The van der Waals surface area contributed by atoms with Gasteiger partial charge in [-0.1, -0.05) is 30.3 Å². The lowest BCUT2D eigenvalue weighted by Gasteiger charge is -2.16. The Bertz CT molecular complexity index is 946. The summed E-state index contributed by atoms with van der Waals surface area (Å²) < 4.78 is 1.81. The van der Waals surface area contributed by atoms with Gasteiger partial charge in [0, 0.05) is 37.3 Å². The number of imidazole rings is 1. The van der Waals surface area contributed by atoms with E-state index in [1.807, 2.05) is 54.9 Å². The minimum absolute atomic E-state index is 0.0153. The molecule has 1 aromatic carbocycles. The standard InChI is InChI=1S/C20H23N5O2/c1-13-8-16(23-22-13)9-15-11-25(12-18(15)26)20(27)17-10-21-19(24(17)2)14-6-4-3-5-7-14/h3-8,10,15,18,26H,9,11-12H2,1-2H3,(H,22,23)/t15-,18-/m1/s1. The van der Waals surface area contributed by atoms with Crippen LogP contribution in [0.3, 0.4) is 0 Å². The van der Waals surface area contributed by atoms with Gasteiger partial charge in [0.25, 0.3) is 5.91 Å². The number of nitrogens with zero attached hydrogens (tertiary/aromatic N) is 4. The molecule has 1 saturated heterocycles. The van der Waals surface area contributed by atoms with Crippen molar-refractivity contribution in [3.63, 3.8) is 0 Å². The summed E-state index contributed by atoms with van der Waals surface area (Å²) in [7, 11) is 1.85. The predicted octanol–water partition coefficient (Wildman–Crippen LogP) is 1.79. The lowest BCUT2D eigenvalue weighted by molar-refractivity contribution is 0.0755. The van der Waals surface area contributed by atoms with Gasteiger partial charge in [-0.2, -0.15) is 5.10 Å². The third-order valence-corrected chi connectivity index (χ3v) is 5.16. The lowest BCUT2D eigenvalue weighted by atomic mass is 10.0. The average molecular weight is 365 g/mol. The van der Waals surface area contributed by atoms with Gasteiger partial charge in [-0.15, -0.1) is 0 Å². The number of likely N-dealkylation sites (tertiary alicyclic amines) is 1. The van der Waals surface area contributed by atoms with E-state index in [0.717, 1.165) is 22.8 Å². The maximum atomic E-state index is 13.0. The summed E-state index contributed by atoms with van der Waals surface area (Å²) >= 11 is 0. The molecule has 0 radical (unpaired) electrons. The molecule has 2 atom stereocenters. The van der Waals surface area contributed by atoms with Gasteiger partial charge in [0.15, 0.2) is 0 Å². The normalized spacial score (nSPS) is 19.6. The van der Waals surface area contributed by atoms with Crippen molar-refractivity contribution in [2.45, 2.75) is 19.4 Å². The second-order valence-electron chi connectivity index (χ2n) is 7.18. The smallest absolute Gasteiger partial charge is 0.272 e. The van der Waals surface area contributed by atoms with Gasteiger partial charge in [-0.3, -0.25) is 9.89 Å². The minimum atomic E-state index is -0.548. The Morgan fingerprint density at radius 2 is 2.07 bits per heavy atom. The SMILES string of the molecule is Cc1cc(C[C@@H]2CN(C(=O)c3cnc(-c4ccccc4)n3C)C[C@H]2O)n[nH]1. The lowest BCUT2D eigenvalue weighted by Crippen LogP contribution is -2.31. The van der Waals surface area contributed by atoms with Crippen LogP contribution in [0.1, 0.15) is 21.9 Å². The molecule has 3 heterocycles. The summed E-state index contributed by atoms with van der Waals surface area (Å²) in [5.74, 6) is 0.632. The molecule has 1 amide bonds. The fourth-order valence-electron chi connectivity index (χ4n) is 3.69. The van der Waals surface area contributed by atoms with Gasteiger partial charge >= 0.3 is 0 Å². The van der Waals surface area contributed by atoms with E-state index in [-0.39, 0.29) is 11.8 Å². The Morgan fingerprint density at radius 1 is 1.30 bits per heavy atom. The Hall–Kier alpha value is -2.93. The van der Waals surface area contributed by atoms with E-state index in [9.17, 15) is 9.90 Å². The number of carbonyl (C=O) groups excluding carboxylic acids is 1. The highest BCUT2D eigenvalue weighted by atomic mass is 16.3. The van der Waals surface area contributed by atoms with E-state index in [1.165, 1.54) is 0 Å². The van der Waals surface area contributed by atoms with Crippen molar-refractivity contribution in [3.8, 4) is 11.4 Å². The van der Waals surface area contributed by atoms with Crippen LogP contribution in [-0.2, 0) is 13.5 Å². The first kappa shape index (κ1) is 17.5. The average Bonchev–Trinajstić information content (AvgIpc) is 3.35. The molecule has 0 spiro atoms. The Balaban J connectivity index is 1.50. The van der Waals surface area contributed by atoms with Crippen molar-refractivity contribution in [2.24, 2.45) is 13.0 Å². The van der Waals surface area contributed by atoms with Crippen LogP contribution in [0.15, 0.2) is 42.6 Å². The van der Waals surface area contributed by atoms with Gasteiger partial charge < -0.3 is 14.6 Å². The van der Waals surface area contributed by atoms with E-state index in [2.05, 4.69) is 15.2 Å². The number of aromatic amines is 1. The second kappa shape index (κ2) is 7.00. The number of benzene rings is 1. The van der Waals surface area contributed by atoms with Crippen molar-refractivity contribution < 1.29 is 9.90 Å². The van der Waals surface area contributed by atoms with Crippen LogP contribution in [0.2, 0.25) is 0 Å². The van der Waals surface area contributed by atoms with Crippen LogP contribution in [0.4, 0.5) is 0 Å². The molecule has 3 aromatic rings. The molecule has 1 aliphatic rings. The van der Waals surface area contributed by atoms with Gasteiger partial charge in [0.1, 0.15) is 11.5 Å². The molecule has 1 aliphatic heterocycles. The molecule has 27 heavy (non-hydrogen) atoms. The first-order valence-electron chi connectivity index (χ1n) is 9.08. The Morgan fingerprint density at radius 3 is 2.78 bits per heavy atom. The molecule has 0 saturated carbocycles. The molecule has 140 valence electrons. The molecule has 0 bridgehead atoms. The molecular weight excluding hydrogens is 342 g/mol. The van der Waals surface area contributed by atoms with Gasteiger partial charge in [-0.05, 0) is 19.4 Å². The number of H-pyrrole nitrogens is 1. The largest absolute Gasteiger partial charge is 0.391 e. The number of rotatable bonds is 4. The summed E-state index contributed by atoms with van der Waals surface area (Å²) in [6, 6.07) is 11.8. The minimum Gasteiger partial charge on any atom is -0.391 e. The molecule has 1 fully saturated rings. The number of amides is 1. The van der Waals surface area contributed by atoms with Crippen molar-refractivity contribution in [1.29, 1.82) is 0 Å². The van der Waals surface area contributed by atoms with E-state index < -0.39 is 6.10 Å². The zero-order chi connectivity index (χ0) is 19.0. The number of hydrogen-bond acceptors (Lipinski definition) is 4. The van der Waals surface area contributed by atoms with Gasteiger partial charge in [0.05, 0.1) is 18.0 Å². The molecule has 7 nitrogen and oxygen atoms in total. The number of nitrogens with one attached hydrogen (secondary N) is 1. The Kier molecular flexibility index (Phi) is 4.53. The fourth-order valence-corrected chi connectivity index (χ4v) is 3.69. The Labute approximate surface area is 157 Å². The number of aliphatic hydroxyl groups excluding tert-OH is 1. The van der Waals surface area contributed by atoms with Crippen LogP contribution < -0.4 is 0 Å². The second-order valence-corrected chi connectivity index (χ2v) is 7.18. The molecule has 2 aromatic heterocycles. The molecular formula is C20H23N5O2. The number of aryl methyl sites for hydroxylation is 1. The van der Waals surface area contributed by atoms with Crippen molar-refractivity contribution in [2.75, 3.05) is 13.1 Å². The predicted molar refractivity (Wildman–Crippen MR) is 101 cm³/mol. The fraction of sp³-hybridized carbons (Fsp3) is 0.350. The number of carbonyl (C=O) groups is 1. The van der Waals surface area contributed by atoms with Crippen LogP contribution in [-0.4, -0.2) is 54.9 Å². The third kappa shape index (κ3) is 3.38. The number of aliphatic hydroxyl groups is 1. The maximum Gasteiger partial charge on any atom is 0.272 e. The molecule has 2 N–H and O–H groups in total. The summed E-state index contributed by atoms with van der Waals surface area (Å²) in [5, 5.41) is 17.6. The summed E-state index contributed by atoms with van der Waals surface area (Å²) in [5.41, 5.74) is 3.40. The van der Waals surface area contributed by atoms with Crippen molar-refractivity contribution in [3.05, 3.63) is 59.7 Å². The monoisotopic (exact) mass is 365 g/mol. The van der Waals surface area contributed by atoms with Crippen LogP contribution in [0, 0.1) is 12.8 Å². The van der Waals surface area contributed by atoms with E-state index in [4.69, 9.17) is 0 Å². The number of hydrogen-bond donors (Lipinski definition) is 2. The van der Waals surface area contributed by atoms with E-state index in [1.54, 1.807) is 11.1 Å². The van der Waals surface area contributed by atoms with Crippen LogP contribution >= 0.6 is 0 Å². The van der Waals surface area contributed by atoms with Crippen LogP contribution in [0.5, 0.6) is 0 Å².